The lowest BCUT2D eigenvalue weighted by molar-refractivity contribution is -0.141. The van der Waals surface area contributed by atoms with E-state index in [1.54, 1.807) is 16.7 Å². The van der Waals surface area contributed by atoms with E-state index in [-0.39, 0.29) is 16.6 Å². The number of ether oxygens (including phenoxy) is 1. The Bertz CT molecular complexity index is 1260. The third kappa shape index (κ3) is 3.10. The van der Waals surface area contributed by atoms with Gasteiger partial charge >= 0.3 is 0 Å². The summed E-state index contributed by atoms with van der Waals surface area (Å²) in [5, 5.41) is 2.73. The van der Waals surface area contributed by atoms with Crippen LogP contribution in [-0.2, 0) is 4.74 Å². The molecular weight excluding hydrogens is 438 g/mol. The van der Waals surface area contributed by atoms with Crippen molar-refractivity contribution in [3.8, 4) is 0 Å². The molecule has 2 unspecified atom stereocenters. The average Bonchev–Trinajstić information content (AvgIpc) is 3.39. The lowest BCUT2D eigenvalue weighted by atomic mass is 9.58. The zero-order valence-electron chi connectivity index (χ0n) is 22.7. The maximum atomic E-state index is 7.56. The van der Waals surface area contributed by atoms with Crippen LogP contribution in [0.3, 0.4) is 0 Å². The summed E-state index contributed by atoms with van der Waals surface area (Å²) in [5.74, 6) is 1.23. The second kappa shape index (κ2) is 8.05. The van der Waals surface area contributed by atoms with E-state index in [1.165, 1.54) is 62.1 Å². The Labute approximate surface area is 217 Å². The van der Waals surface area contributed by atoms with Crippen LogP contribution in [0.25, 0.3) is 10.8 Å². The molecule has 3 fully saturated rings. The van der Waals surface area contributed by atoms with Crippen molar-refractivity contribution < 1.29 is 4.74 Å². The third-order valence-electron chi connectivity index (χ3n) is 11.3. The first-order valence-electron chi connectivity index (χ1n) is 14.7. The first kappa shape index (κ1) is 23.2. The first-order chi connectivity index (χ1) is 17.4. The van der Waals surface area contributed by atoms with Crippen LogP contribution in [0.5, 0.6) is 0 Å². The monoisotopic (exact) mass is 481 g/mol. The standard InChI is InChI=1S/C34H43NO/c1-5-35(23(2)3)29-13-12-27-21-28-16-17-32(4)30(26-11-10-24-8-6-7-9-25(24)20-26)14-15-31(32)34(28)19-18-33(27,22-29)36-34/h6-11,16,20-21,23,29-31H,5,12-15,17-19,22H2,1-4H3/t29-,30?,31+,32+,33+,34?/m0/s1. The Morgan fingerprint density at radius 2 is 1.86 bits per heavy atom. The van der Waals surface area contributed by atoms with Gasteiger partial charge in [-0.3, -0.25) is 4.90 Å². The summed E-state index contributed by atoms with van der Waals surface area (Å²) < 4.78 is 7.56. The maximum absolute atomic E-state index is 7.56. The van der Waals surface area contributed by atoms with Gasteiger partial charge in [0.2, 0.25) is 0 Å². The fourth-order valence-electron chi connectivity index (χ4n) is 9.68. The van der Waals surface area contributed by atoms with Crippen molar-refractivity contribution in [3.05, 3.63) is 71.3 Å². The number of hydrogen-bond donors (Lipinski definition) is 0. The summed E-state index contributed by atoms with van der Waals surface area (Å²) in [7, 11) is 0. The third-order valence-corrected chi connectivity index (χ3v) is 11.3. The molecule has 2 nitrogen and oxygen atoms in total. The molecule has 2 spiro atoms. The first-order valence-corrected chi connectivity index (χ1v) is 14.7. The Morgan fingerprint density at radius 3 is 2.67 bits per heavy atom. The van der Waals surface area contributed by atoms with Crippen molar-refractivity contribution in [1.29, 1.82) is 0 Å². The summed E-state index contributed by atoms with van der Waals surface area (Å²) in [4.78, 5) is 2.72. The maximum Gasteiger partial charge on any atom is 0.0974 e. The molecule has 190 valence electrons. The number of fused-ring (bicyclic) bond motifs is 2. The summed E-state index contributed by atoms with van der Waals surface area (Å²) in [6.45, 7) is 10.8. The molecule has 2 heterocycles. The van der Waals surface area contributed by atoms with Gasteiger partial charge < -0.3 is 4.74 Å². The molecule has 36 heavy (non-hydrogen) atoms. The van der Waals surface area contributed by atoms with E-state index >= 15 is 0 Å². The Morgan fingerprint density at radius 1 is 1.03 bits per heavy atom. The van der Waals surface area contributed by atoms with Gasteiger partial charge in [-0.2, -0.15) is 0 Å². The topological polar surface area (TPSA) is 12.5 Å². The highest BCUT2D eigenvalue weighted by Gasteiger charge is 2.66. The quantitative estimate of drug-likeness (QED) is 0.436. The van der Waals surface area contributed by atoms with E-state index in [2.05, 4.69) is 87.2 Å². The van der Waals surface area contributed by atoms with Crippen molar-refractivity contribution in [2.75, 3.05) is 6.54 Å². The van der Waals surface area contributed by atoms with Gasteiger partial charge in [-0.15, -0.1) is 0 Å². The molecule has 2 aromatic rings. The summed E-state index contributed by atoms with van der Waals surface area (Å²) in [6, 6.07) is 17.3. The molecule has 7 rings (SSSR count). The van der Waals surface area contributed by atoms with Gasteiger partial charge in [-0.1, -0.05) is 68.5 Å². The lowest BCUT2D eigenvalue weighted by Gasteiger charge is -2.55. The number of benzene rings is 2. The van der Waals surface area contributed by atoms with Gasteiger partial charge in [0.15, 0.2) is 0 Å². The normalized spacial score (nSPS) is 39.1. The molecule has 0 aromatic heterocycles. The molecule has 0 radical (unpaired) electrons. The van der Waals surface area contributed by atoms with Crippen molar-refractivity contribution >= 4 is 10.8 Å². The summed E-state index contributed by atoms with van der Waals surface area (Å²) >= 11 is 0. The summed E-state index contributed by atoms with van der Waals surface area (Å²) in [5.41, 5.74) is 4.90. The molecule has 0 N–H and O–H groups in total. The molecule has 2 heteroatoms. The van der Waals surface area contributed by atoms with Crippen LogP contribution >= 0.6 is 0 Å². The molecule has 6 atom stereocenters. The van der Waals surface area contributed by atoms with Crippen molar-refractivity contribution in [2.45, 2.75) is 108 Å². The van der Waals surface area contributed by atoms with Gasteiger partial charge in [-0.05, 0) is 116 Å². The van der Waals surface area contributed by atoms with E-state index in [1.807, 2.05) is 0 Å². The van der Waals surface area contributed by atoms with Crippen molar-refractivity contribution in [3.63, 3.8) is 0 Å². The minimum atomic E-state index is -0.0567. The zero-order valence-corrected chi connectivity index (χ0v) is 22.7. The Hall–Kier alpha value is -1.90. The molecule has 1 saturated heterocycles. The van der Waals surface area contributed by atoms with Gasteiger partial charge in [0, 0.05) is 12.1 Å². The van der Waals surface area contributed by atoms with Crippen LogP contribution < -0.4 is 0 Å². The van der Waals surface area contributed by atoms with E-state index in [4.69, 9.17) is 4.74 Å². The number of hydrogen-bond acceptors (Lipinski definition) is 2. The van der Waals surface area contributed by atoms with Crippen LogP contribution in [0.2, 0.25) is 0 Å². The molecule has 2 bridgehead atoms. The average molecular weight is 482 g/mol. The Balaban J connectivity index is 1.24. The molecular formula is C34H43NO. The molecule has 3 aliphatic carbocycles. The van der Waals surface area contributed by atoms with Crippen LogP contribution in [0.4, 0.5) is 0 Å². The van der Waals surface area contributed by atoms with Crippen LogP contribution in [0, 0.1) is 11.3 Å². The summed E-state index contributed by atoms with van der Waals surface area (Å²) in [6.07, 6.45) is 15.1. The zero-order chi connectivity index (χ0) is 24.7. The minimum absolute atomic E-state index is 0.0121. The molecule has 5 aliphatic rings. The number of allylic oxidation sites excluding steroid dienone is 1. The molecule has 2 aromatic carbocycles. The highest BCUT2D eigenvalue weighted by Crippen LogP contribution is 2.69. The second-order valence-corrected chi connectivity index (χ2v) is 13.1. The van der Waals surface area contributed by atoms with Crippen molar-refractivity contribution in [2.24, 2.45) is 11.3 Å². The highest BCUT2D eigenvalue weighted by molar-refractivity contribution is 5.83. The van der Waals surface area contributed by atoms with E-state index in [0.29, 0.717) is 23.9 Å². The largest absolute Gasteiger partial charge is 0.359 e. The number of rotatable bonds is 4. The van der Waals surface area contributed by atoms with E-state index in [0.717, 1.165) is 6.54 Å². The predicted octanol–water partition coefficient (Wildman–Crippen LogP) is 8.18. The predicted molar refractivity (Wildman–Crippen MR) is 149 cm³/mol. The fourth-order valence-corrected chi connectivity index (χ4v) is 9.68. The Kier molecular flexibility index (Phi) is 5.19. The molecule has 0 amide bonds. The highest BCUT2D eigenvalue weighted by atomic mass is 16.5. The van der Waals surface area contributed by atoms with Gasteiger partial charge in [0.25, 0.3) is 0 Å². The number of nitrogens with zero attached hydrogens (tertiary/aromatic N) is 1. The molecule has 2 saturated carbocycles. The minimum Gasteiger partial charge on any atom is -0.359 e. The van der Waals surface area contributed by atoms with Crippen molar-refractivity contribution in [1.82, 2.24) is 4.90 Å². The van der Waals surface area contributed by atoms with Gasteiger partial charge in [-0.25, -0.2) is 0 Å². The van der Waals surface area contributed by atoms with E-state index < -0.39 is 0 Å². The smallest absolute Gasteiger partial charge is 0.0974 e. The van der Waals surface area contributed by atoms with Gasteiger partial charge in [0.1, 0.15) is 0 Å². The van der Waals surface area contributed by atoms with E-state index in [9.17, 15) is 0 Å². The lowest BCUT2D eigenvalue weighted by Crippen LogP contribution is -2.56. The SMILES string of the molecule is CCN(C(C)C)[C@H]1CCC2=CC3=CC[C@]4(C)C(c5ccc6ccccc6c5)CC[C@H]4C34CC[C@]2(C1)O4. The fraction of sp³-hybridized carbons (Fsp3) is 0.588. The van der Waals surface area contributed by atoms with Gasteiger partial charge in [0.05, 0.1) is 11.2 Å². The van der Waals surface area contributed by atoms with Crippen LogP contribution in [0.15, 0.2) is 65.8 Å². The molecule has 2 aliphatic heterocycles. The van der Waals surface area contributed by atoms with Crippen LogP contribution in [-0.4, -0.2) is 34.7 Å². The second-order valence-electron chi connectivity index (χ2n) is 13.1. The van der Waals surface area contributed by atoms with Crippen LogP contribution in [0.1, 0.15) is 90.5 Å².